The molecule has 1 saturated heterocycles. The molecule has 0 radical (unpaired) electrons. The van der Waals surface area contributed by atoms with Gasteiger partial charge >= 0.3 is 0 Å². The maximum absolute atomic E-state index is 12.8. The van der Waals surface area contributed by atoms with Crippen LogP contribution in [0.5, 0.6) is 5.75 Å². The van der Waals surface area contributed by atoms with E-state index in [4.69, 9.17) is 4.74 Å². The van der Waals surface area contributed by atoms with Crippen molar-refractivity contribution in [2.75, 3.05) is 38.1 Å². The summed E-state index contributed by atoms with van der Waals surface area (Å²) in [6.45, 7) is 6.21. The van der Waals surface area contributed by atoms with Gasteiger partial charge in [0.25, 0.3) is 5.91 Å². The first kappa shape index (κ1) is 18.7. The Kier molecular flexibility index (Phi) is 5.90. The van der Waals surface area contributed by atoms with Crippen LogP contribution in [0, 0.1) is 0 Å². The van der Waals surface area contributed by atoms with E-state index in [1.165, 1.54) is 0 Å². The van der Waals surface area contributed by atoms with E-state index in [0.29, 0.717) is 38.5 Å². The molecule has 0 aliphatic carbocycles. The fraction of sp³-hybridized carbons (Fsp3) is 0.350. The number of benzene rings is 1. The molecule has 0 spiro atoms. The van der Waals surface area contributed by atoms with Crippen molar-refractivity contribution >= 4 is 23.2 Å². The van der Waals surface area contributed by atoms with Gasteiger partial charge in [-0.15, -0.1) is 0 Å². The summed E-state index contributed by atoms with van der Waals surface area (Å²) in [5.74, 6) is 0.671. The van der Waals surface area contributed by atoms with Gasteiger partial charge in [0.2, 0.25) is 5.91 Å². The van der Waals surface area contributed by atoms with Gasteiger partial charge in [-0.25, -0.2) is 0 Å². The molecule has 1 N–H and O–H groups in total. The summed E-state index contributed by atoms with van der Waals surface area (Å²) in [7, 11) is 0. The number of nitrogens with one attached hydrogen (secondary N) is 1. The van der Waals surface area contributed by atoms with Crippen molar-refractivity contribution in [2.45, 2.75) is 13.8 Å². The molecule has 2 heterocycles. The summed E-state index contributed by atoms with van der Waals surface area (Å²) < 4.78 is 5.63. The largest absolute Gasteiger partial charge is 0.492 e. The van der Waals surface area contributed by atoms with Crippen molar-refractivity contribution in [3.63, 3.8) is 0 Å². The number of amides is 2. The van der Waals surface area contributed by atoms with Gasteiger partial charge in [0.15, 0.2) is 0 Å². The van der Waals surface area contributed by atoms with Crippen molar-refractivity contribution in [1.82, 2.24) is 14.8 Å². The highest BCUT2D eigenvalue weighted by atomic mass is 16.5. The molecule has 1 aromatic carbocycles. The molecular weight excluding hydrogens is 344 g/mol. The Labute approximate surface area is 158 Å². The van der Waals surface area contributed by atoms with E-state index in [2.05, 4.69) is 10.3 Å². The molecule has 0 atom stereocenters. The summed E-state index contributed by atoms with van der Waals surface area (Å²) >= 11 is 0. The zero-order valence-electron chi connectivity index (χ0n) is 15.6. The fourth-order valence-corrected chi connectivity index (χ4v) is 3.02. The highest BCUT2D eigenvalue weighted by molar-refractivity contribution is 5.93. The van der Waals surface area contributed by atoms with Gasteiger partial charge in [-0.2, -0.15) is 0 Å². The maximum atomic E-state index is 12.8. The smallest absolute Gasteiger partial charge is 0.272 e. The molecule has 0 bridgehead atoms. The third-order valence-corrected chi connectivity index (χ3v) is 4.46. The molecule has 3 rings (SSSR count). The number of aromatic nitrogens is 1. The molecule has 2 aromatic rings. The SMILES string of the molecule is CCOc1ccccc1Nc1ccnc(C(=O)N2CCN(C(C)=O)CC2)c1. The van der Waals surface area contributed by atoms with Crippen LogP contribution in [0.15, 0.2) is 42.6 Å². The van der Waals surface area contributed by atoms with Gasteiger partial charge in [-0.3, -0.25) is 14.6 Å². The third kappa shape index (κ3) is 4.55. The minimum Gasteiger partial charge on any atom is -0.492 e. The summed E-state index contributed by atoms with van der Waals surface area (Å²) in [6, 6.07) is 11.2. The molecule has 0 saturated carbocycles. The standard InChI is InChI=1S/C20H24N4O3/c1-3-27-19-7-5-4-6-17(19)22-16-8-9-21-18(14-16)20(26)24-12-10-23(11-13-24)15(2)25/h4-9,14H,3,10-13H2,1-2H3,(H,21,22). The molecule has 142 valence electrons. The summed E-state index contributed by atoms with van der Waals surface area (Å²) in [5.41, 5.74) is 1.98. The van der Waals surface area contributed by atoms with Crippen molar-refractivity contribution in [3.05, 3.63) is 48.3 Å². The second-order valence-corrected chi connectivity index (χ2v) is 6.28. The van der Waals surface area contributed by atoms with Gasteiger partial charge in [0, 0.05) is 45.0 Å². The number of carbonyl (C=O) groups excluding carboxylic acids is 2. The second kappa shape index (κ2) is 8.53. The average Bonchev–Trinajstić information content (AvgIpc) is 2.69. The number of piperazine rings is 1. The number of pyridine rings is 1. The lowest BCUT2D eigenvalue weighted by atomic mass is 10.2. The van der Waals surface area contributed by atoms with Crippen LogP contribution in [0.2, 0.25) is 0 Å². The highest BCUT2D eigenvalue weighted by Gasteiger charge is 2.24. The van der Waals surface area contributed by atoms with Gasteiger partial charge in [0.1, 0.15) is 11.4 Å². The van der Waals surface area contributed by atoms with Crippen LogP contribution in [0.3, 0.4) is 0 Å². The molecule has 0 unspecified atom stereocenters. The lowest BCUT2D eigenvalue weighted by molar-refractivity contribution is -0.130. The van der Waals surface area contributed by atoms with Crippen LogP contribution in [0.1, 0.15) is 24.3 Å². The van der Waals surface area contributed by atoms with E-state index in [1.807, 2.05) is 37.3 Å². The molecule has 1 aliphatic heterocycles. The van der Waals surface area contributed by atoms with Crippen LogP contribution >= 0.6 is 0 Å². The number of rotatable bonds is 5. The molecule has 1 aliphatic rings. The van der Waals surface area contributed by atoms with Crippen LogP contribution < -0.4 is 10.1 Å². The van der Waals surface area contributed by atoms with Gasteiger partial charge in [-0.05, 0) is 31.2 Å². The quantitative estimate of drug-likeness (QED) is 0.878. The second-order valence-electron chi connectivity index (χ2n) is 6.28. The van der Waals surface area contributed by atoms with E-state index >= 15 is 0 Å². The van der Waals surface area contributed by atoms with Gasteiger partial charge in [0.05, 0.1) is 12.3 Å². The van der Waals surface area contributed by atoms with Crippen molar-refractivity contribution in [2.24, 2.45) is 0 Å². The molecule has 2 amide bonds. The van der Waals surface area contributed by atoms with E-state index < -0.39 is 0 Å². The van der Waals surface area contributed by atoms with E-state index in [0.717, 1.165) is 17.1 Å². The molecule has 1 fully saturated rings. The predicted octanol–water partition coefficient (Wildman–Crippen LogP) is 2.53. The van der Waals surface area contributed by atoms with Crippen LogP contribution in [-0.4, -0.2) is 59.4 Å². The predicted molar refractivity (Wildman–Crippen MR) is 103 cm³/mol. The third-order valence-electron chi connectivity index (χ3n) is 4.46. The maximum Gasteiger partial charge on any atom is 0.272 e. The highest BCUT2D eigenvalue weighted by Crippen LogP contribution is 2.27. The van der Waals surface area contributed by atoms with Crippen molar-refractivity contribution in [3.8, 4) is 5.75 Å². The first-order chi connectivity index (χ1) is 13.1. The molecular formula is C20H24N4O3. The van der Waals surface area contributed by atoms with Crippen LogP contribution in [-0.2, 0) is 4.79 Å². The summed E-state index contributed by atoms with van der Waals surface area (Å²) in [6.07, 6.45) is 1.62. The lowest BCUT2D eigenvalue weighted by Crippen LogP contribution is -2.50. The Bertz CT molecular complexity index is 816. The number of anilines is 2. The average molecular weight is 368 g/mol. The summed E-state index contributed by atoms with van der Waals surface area (Å²) in [5, 5.41) is 3.29. The Morgan fingerprint density at radius 3 is 2.52 bits per heavy atom. The zero-order chi connectivity index (χ0) is 19.2. The normalized spacial score (nSPS) is 14.0. The Morgan fingerprint density at radius 1 is 1.11 bits per heavy atom. The Morgan fingerprint density at radius 2 is 1.81 bits per heavy atom. The fourth-order valence-electron chi connectivity index (χ4n) is 3.02. The number of carbonyl (C=O) groups is 2. The Balaban J connectivity index is 1.71. The minimum absolute atomic E-state index is 0.0411. The number of nitrogens with zero attached hydrogens (tertiary/aromatic N) is 3. The van der Waals surface area contributed by atoms with Crippen molar-refractivity contribution in [1.29, 1.82) is 0 Å². The lowest BCUT2D eigenvalue weighted by Gasteiger charge is -2.34. The molecule has 7 heteroatoms. The molecule has 7 nitrogen and oxygen atoms in total. The van der Waals surface area contributed by atoms with E-state index in [-0.39, 0.29) is 11.8 Å². The van der Waals surface area contributed by atoms with Crippen molar-refractivity contribution < 1.29 is 14.3 Å². The van der Waals surface area contributed by atoms with Gasteiger partial charge < -0.3 is 19.9 Å². The summed E-state index contributed by atoms with van der Waals surface area (Å²) in [4.78, 5) is 31.9. The number of hydrogen-bond acceptors (Lipinski definition) is 5. The number of hydrogen-bond donors (Lipinski definition) is 1. The topological polar surface area (TPSA) is 74.8 Å². The first-order valence-electron chi connectivity index (χ1n) is 9.08. The first-order valence-corrected chi connectivity index (χ1v) is 9.08. The number of ether oxygens (including phenoxy) is 1. The van der Waals surface area contributed by atoms with Crippen LogP contribution in [0.25, 0.3) is 0 Å². The van der Waals surface area contributed by atoms with E-state index in [9.17, 15) is 9.59 Å². The van der Waals surface area contributed by atoms with E-state index in [1.54, 1.807) is 29.0 Å². The Hall–Kier alpha value is -3.09. The van der Waals surface area contributed by atoms with Gasteiger partial charge in [-0.1, -0.05) is 12.1 Å². The monoisotopic (exact) mass is 368 g/mol. The number of para-hydroxylation sites is 2. The zero-order valence-corrected chi connectivity index (χ0v) is 15.6. The minimum atomic E-state index is -0.125. The van der Waals surface area contributed by atoms with Crippen LogP contribution in [0.4, 0.5) is 11.4 Å². The molecule has 1 aromatic heterocycles. The molecule has 27 heavy (non-hydrogen) atoms.